The highest BCUT2D eigenvalue weighted by molar-refractivity contribution is 5.84. The minimum Gasteiger partial charge on any atom is -0.359 e. The standard InChI is InChI=1S/C15H21N3O2/c1-17-14(19)12-8-5-9-18(10-12)15(20)13(16)11-6-3-2-4-7-11/h2-4,6-7,12-13H,5,8-10,16H2,1H3,(H,17,19)/t12?,13-/m1/s1. The van der Waals surface area contributed by atoms with Gasteiger partial charge in [0.1, 0.15) is 6.04 Å². The molecule has 3 N–H and O–H groups in total. The van der Waals surface area contributed by atoms with Crippen LogP contribution >= 0.6 is 0 Å². The summed E-state index contributed by atoms with van der Waals surface area (Å²) in [7, 11) is 1.62. The third kappa shape index (κ3) is 3.17. The molecule has 1 heterocycles. The molecule has 1 aromatic rings. The first-order valence-corrected chi connectivity index (χ1v) is 6.94. The lowest BCUT2D eigenvalue weighted by Crippen LogP contribution is -2.47. The molecule has 0 bridgehead atoms. The van der Waals surface area contributed by atoms with Crippen LogP contribution in [0.5, 0.6) is 0 Å². The lowest BCUT2D eigenvalue weighted by Gasteiger charge is -2.33. The molecule has 1 fully saturated rings. The fourth-order valence-electron chi connectivity index (χ4n) is 2.60. The number of carbonyl (C=O) groups is 2. The van der Waals surface area contributed by atoms with E-state index in [1.54, 1.807) is 11.9 Å². The number of nitrogens with one attached hydrogen (secondary N) is 1. The molecular formula is C15H21N3O2. The lowest BCUT2D eigenvalue weighted by molar-refractivity contribution is -0.136. The van der Waals surface area contributed by atoms with Crippen molar-refractivity contribution in [2.75, 3.05) is 20.1 Å². The van der Waals surface area contributed by atoms with Crippen molar-refractivity contribution in [3.8, 4) is 0 Å². The molecule has 0 radical (unpaired) electrons. The summed E-state index contributed by atoms with van der Waals surface area (Å²) in [5, 5.41) is 2.65. The van der Waals surface area contributed by atoms with Crippen LogP contribution in [-0.2, 0) is 9.59 Å². The molecule has 108 valence electrons. The first-order valence-electron chi connectivity index (χ1n) is 6.94. The van der Waals surface area contributed by atoms with Crippen molar-refractivity contribution in [2.24, 2.45) is 11.7 Å². The quantitative estimate of drug-likeness (QED) is 0.851. The third-order valence-electron chi connectivity index (χ3n) is 3.77. The van der Waals surface area contributed by atoms with Crippen LogP contribution in [0.4, 0.5) is 0 Å². The van der Waals surface area contributed by atoms with E-state index in [0.29, 0.717) is 13.1 Å². The maximum Gasteiger partial charge on any atom is 0.244 e. The maximum atomic E-state index is 12.4. The Bertz CT molecular complexity index is 475. The fourth-order valence-corrected chi connectivity index (χ4v) is 2.60. The molecule has 2 rings (SSSR count). The number of rotatable bonds is 3. The van der Waals surface area contributed by atoms with Crippen molar-refractivity contribution in [3.63, 3.8) is 0 Å². The second-order valence-corrected chi connectivity index (χ2v) is 5.13. The number of benzene rings is 1. The molecule has 1 saturated heterocycles. The van der Waals surface area contributed by atoms with Crippen molar-refractivity contribution in [2.45, 2.75) is 18.9 Å². The van der Waals surface area contributed by atoms with Crippen molar-refractivity contribution >= 4 is 11.8 Å². The minimum atomic E-state index is -0.653. The van der Waals surface area contributed by atoms with E-state index in [9.17, 15) is 9.59 Å². The van der Waals surface area contributed by atoms with Gasteiger partial charge in [0.25, 0.3) is 0 Å². The van der Waals surface area contributed by atoms with Gasteiger partial charge in [-0.2, -0.15) is 0 Å². The Morgan fingerprint density at radius 1 is 1.35 bits per heavy atom. The van der Waals surface area contributed by atoms with E-state index in [-0.39, 0.29) is 17.7 Å². The van der Waals surface area contributed by atoms with Gasteiger partial charge in [-0.05, 0) is 18.4 Å². The second kappa shape index (κ2) is 6.52. The average molecular weight is 275 g/mol. The van der Waals surface area contributed by atoms with Gasteiger partial charge in [-0.3, -0.25) is 9.59 Å². The molecule has 0 aromatic heterocycles. The van der Waals surface area contributed by atoms with Gasteiger partial charge in [-0.15, -0.1) is 0 Å². The van der Waals surface area contributed by atoms with Crippen molar-refractivity contribution in [1.29, 1.82) is 0 Å². The molecule has 1 unspecified atom stereocenters. The molecule has 5 heteroatoms. The van der Waals surface area contributed by atoms with Crippen LogP contribution in [0.25, 0.3) is 0 Å². The topological polar surface area (TPSA) is 75.4 Å². The zero-order valence-electron chi connectivity index (χ0n) is 11.7. The Kier molecular flexibility index (Phi) is 4.74. The number of nitrogens with zero attached hydrogens (tertiary/aromatic N) is 1. The summed E-state index contributed by atoms with van der Waals surface area (Å²) < 4.78 is 0. The van der Waals surface area contributed by atoms with Crippen LogP contribution in [0, 0.1) is 5.92 Å². The summed E-state index contributed by atoms with van der Waals surface area (Å²) in [6, 6.07) is 8.67. The van der Waals surface area contributed by atoms with E-state index in [2.05, 4.69) is 5.32 Å². The molecule has 1 aliphatic rings. The molecule has 2 atom stereocenters. The summed E-state index contributed by atoms with van der Waals surface area (Å²) in [4.78, 5) is 25.8. The normalized spacial score (nSPS) is 20.3. The number of nitrogens with two attached hydrogens (primary N) is 1. The molecule has 1 aliphatic heterocycles. The molecule has 5 nitrogen and oxygen atoms in total. The predicted octanol–water partition coefficient (Wildman–Crippen LogP) is 0.671. The monoisotopic (exact) mass is 275 g/mol. The van der Waals surface area contributed by atoms with Crippen LogP contribution in [0.2, 0.25) is 0 Å². The largest absolute Gasteiger partial charge is 0.359 e. The van der Waals surface area contributed by atoms with E-state index in [0.717, 1.165) is 18.4 Å². The van der Waals surface area contributed by atoms with Gasteiger partial charge in [-0.25, -0.2) is 0 Å². The number of hydrogen-bond acceptors (Lipinski definition) is 3. The Balaban J connectivity index is 2.03. The van der Waals surface area contributed by atoms with Crippen molar-refractivity contribution in [1.82, 2.24) is 10.2 Å². The van der Waals surface area contributed by atoms with Gasteiger partial charge in [0.15, 0.2) is 0 Å². The lowest BCUT2D eigenvalue weighted by atomic mass is 9.96. The SMILES string of the molecule is CNC(=O)C1CCCN(C(=O)[C@H](N)c2ccccc2)C1. The van der Waals surface area contributed by atoms with Crippen LogP contribution in [0.1, 0.15) is 24.4 Å². The van der Waals surface area contributed by atoms with E-state index in [1.807, 2.05) is 30.3 Å². The van der Waals surface area contributed by atoms with Gasteiger partial charge in [-0.1, -0.05) is 30.3 Å². The summed E-state index contributed by atoms with van der Waals surface area (Å²) in [6.45, 7) is 1.13. The zero-order valence-corrected chi connectivity index (χ0v) is 11.7. The smallest absolute Gasteiger partial charge is 0.244 e. The number of amides is 2. The van der Waals surface area contributed by atoms with Crippen LogP contribution in [0.15, 0.2) is 30.3 Å². The zero-order chi connectivity index (χ0) is 14.5. The first kappa shape index (κ1) is 14.5. The number of piperidine rings is 1. The summed E-state index contributed by atoms with van der Waals surface area (Å²) in [5.74, 6) is -0.235. The Labute approximate surface area is 119 Å². The highest BCUT2D eigenvalue weighted by Crippen LogP contribution is 2.20. The van der Waals surface area contributed by atoms with E-state index < -0.39 is 6.04 Å². The van der Waals surface area contributed by atoms with Gasteiger partial charge in [0.2, 0.25) is 11.8 Å². The van der Waals surface area contributed by atoms with Crippen LogP contribution in [-0.4, -0.2) is 36.9 Å². The Morgan fingerprint density at radius 2 is 2.05 bits per heavy atom. The van der Waals surface area contributed by atoms with E-state index in [4.69, 9.17) is 5.73 Å². The molecule has 0 aliphatic carbocycles. The second-order valence-electron chi connectivity index (χ2n) is 5.13. The third-order valence-corrected chi connectivity index (χ3v) is 3.77. The summed E-state index contributed by atoms with van der Waals surface area (Å²) in [5.41, 5.74) is 6.84. The van der Waals surface area contributed by atoms with E-state index >= 15 is 0 Å². The molecule has 2 amide bonds. The van der Waals surface area contributed by atoms with Gasteiger partial charge < -0.3 is 16.0 Å². The number of carbonyl (C=O) groups excluding carboxylic acids is 2. The molecule has 0 saturated carbocycles. The highest BCUT2D eigenvalue weighted by Gasteiger charge is 2.30. The van der Waals surface area contributed by atoms with Gasteiger partial charge in [0.05, 0.1) is 5.92 Å². The van der Waals surface area contributed by atoms with Crippen molar-refractivity contribution < 1.29 is 9.59 Å². The van der Waals surface area contributed by atoms with E-state index in [1.165, 1.54) is 0 Å². The Morgan fingerprint density at radius 3 is 2.70 bits per heavy atom. The maximum absolute atomic E-state index is 12.4. The van der Waals surface area contributed by atoms with Gasteiger partial charge in [0, 0.05) is 20.1 Å². The van der Waals surface area contributed by atoms with Crippen molar-refractivity contribution in [3.05, 3.63) is 35.9 Å². The molecule has 1 aromatic carbocycles. The average Bonchev–Trinajstić information content (AvgIpc) is 2.53. The first-order chi connectivity index (χ1) is 9.63. The predicted molar refractivity (Wildman–Crippen MR) is 76.7 cm³/mol. The van der Waals surface area contributed by atoms with Gasteiger partial charge >= 0.3 is 0 Å². The Hall–Kier alpha value is -1.88. The summed E-state index contributed by atoms with van der Waals surface area (Å²) in [6.07, 6.45) is 1.66. The van der Waals surface area contributed by atoms with Crippen LogP contribution < -0.4 is 11.1 Å². The van der Waals surface area contributed by atoms with Crippen LogP contribution in [0.3, 0.4) is 0 Å². The minimum absolute atomic E-state index is 0.00391. The fraction of sp³-hybridized carbons (Fsp3) is 0.467. The molecule has 20 heavy (non-hydrogen) atoms. The number of likely N-dealkylation sites (tertiary alicyclic amines) is 1. The number of hydrogen-bond donors (Lipinski definition) is 2. The molecule has 0 spiro atoms. The summed E-state index contributed by atoms with van der Waals surface area (Å²) >= 11 is 0. The highest BCUT2D eigenvalue weighted by atomic mass is 16.2. The molecular weight excluding hydrogens is 254 g/mol.